The molecular weight excluding hydrogens is 436 g/mol. The first-order valence-electron chi connectivity index (χ1n) is 11.7. The zero-order valence-corrected chi connectivity index (χ0v) is 20.6. The number of carbonyl (C=O) groups excluding carboxylic acids is 2. The maximum Gasteiger partial charge on any atom is 0.254 e. The number of likely N-dealkylation sites (N-methyl/N-ethyl adjacent to an activating group) is 1. The van der Waals surface area contributed by atoms with Crippen LogP contribution in [0, 0.1) is 20.8 Å². The lowest BCUT2D eigenvalue weighted by molar-refractivity contribution is -0.116. The number of imidazole rings is 1. The number of hydrogen-bond donors (Lipinski definition) is 1. The summed E-state index contributed by atoms with van der Waals surface area (Å²) in [5.41, 5.74) is 6.55. The van der Waals surface area contributed by atoms with E-state index < -0.39 is 0 Å². The van der Waals surface area contributed by atoms with Crippen molar-refractivity contribution in [1.29, 1.82) is 0 Å². The number of hydrogen-bond acceptors (Lipinski definition) is 3. The molecule has 6 heteroatoms. The number of benzene rings is 3. The summed E-state index contributed by atoms with van der Waals surface area (Å²) in [6, 6.07) is 23.5. The van der Waals surface area contributed by atoms with Crippen LogP contribution in [0.1, 0.15) is 34.0 Å². The molecule has 0 spiro atoms. The normalized spacial score (nSPS) is 10.7. The maximum atomic E-state index is 13.0. The van der Waals surface area contributed by atoms with Gasteiger partial charge in [-0.1, -0.05) is 65.2 Å². The van der Waals surface area contributed by atoms with Gasteiger partial charge in [0.05, 0.1) is 5.69 Å². The van der Waals surface area contributed by atoms with Crippen LogP contribution < -0.4 is 5.32 Å². The van der Waals surface area contributed by atoms with Crippen molar-refractivity contribution in [2.45, 2.75) is 27.7 Å². The van der Waals surface area contributed by atoms with Gasteiger partial charge in [0.1, 0.15) is 6.54 Å². The predicted molar refractivity (Wildman–Crippen MR) is 140 cm³/mol. The minimum atomic E-state index is -0.304. The van der Waals surface area contributed by atoms with Gasteiger partial charge in [0.2, 0.25) is 11.9 Å². The zero-order valence-electron chi connectivity index (χ0n) is 20.6. The van der Waals surface area contributed by atoms with Crippen LogP contribution in [0.4, 0.5) is 5.95 Å². The second-order valence-electron chi connectivity index (χ2n) is 8.75. The molecule has 0 fully saturated rings. The second-order valence-corrected chi connectivity index (χ2v) is 8.75. The van der Waals surface area contributed by atoms with E-state index in [0.29, 0.717) is 18.1 Å². The lowest BCUT2D eigenvalue weighted by Crippen LogP contribution is -2.38. The Kier molecular flexibility index (Phi) is 7.11. The molecule has 1 heterocycles. The van der Waals surface area contributed by atoms with Crippen molar-refractivity contribution in [1.82, 2.24) is 14.5 Å². The van der Waals surface area contributed by atoms with E-state index in [1.54, 1.807) is 12.1 Å². The number of nitrogens with zero attached hydrogens (tertiary/aromatic N) is 3. The van der Waals surface area contributed by atoms with Crippen molar-refractivity contribution in [2.24, 2.45) is 0 Å². The van der Waals surface area contributed by atoms with Crippen molar-refractivity contribution in [2.75, 3.05) is 18.4 Å². The monoisotopic (exact) mass is 466 g/mol. The Morgan fingerprint density at radius 3 is 1.94 bits per heavy atom. The molecule has 0 aliphatic heterocycles. The molecule has 6 nitrogen and oxygen atoms in total. The minimum absolute atomic E-state index is 0.0656. The van der Waals surface area contributed by atoms with E-state index in [9.17, 15) is 9.59 Å². The summed E-state index contributed by atoms with van der Waals surface area (Å²) in [6.45, 7) is 8.26. The Morgan fingerprint density at radius 1 is 0.829 bits per heavy atom. The fourth-order valence-electron chi connectivity index (χ4n) is 3.78. The van der Waals surface area contributed by atoms with Gasteiger partial charge in [-0.25, -0.2) is 4.98 Å². The zero-order chi connectivity index (χ0) is 24.9. The first kappa shape index (κ1) is 24.0. The van der Waals surface area contributed by atoms with Crippen LogP contribution in [0.25, 0.3) is 16.9 Å². The number of carbonyl (C=O) groups is 2. The van der Waals surface area contributed by atoms with E-state index >= 15 is 0 Å². The van der Waals surface area contributed by atoms with Crippen molar-refractivity contribution >= 4 is 17.8 Å². The first-order chi connectivity index (χ1) is 16.8. The number of aromatic nitrogens is 2. The smallest absolute Gasteiger partial charge is 0.254 e. The third-order valence-corrected chi connectivity index (χ3v) is 5.92. The van der Waals surface area contributed by atoms with Gasteiger partial charge < -0.3 is 4.90 Å². The van der Waals surface area contributed by atoms with Gasteiger partial charge in [-0.2, -0.15) is 0 Å². The number of aryl methyl sites for hydroxylation is 3. The molecule has 0 aliphatic rings. The van der Waals surface area contributed by atoms with E-state index in [-0.39, 0.29) is 18.4 Å². The lowest BCUT2D eigenvalue weighted by atomic mass is 10.1. The largest absolute Gasteiger partial charge is 0.330 e. The van der Waals surface area contributed by atoms with Gasteiger partial charge in [0.15, 0.2) is 0 Å². The van der Waals surface area contributed by atoms with Gasteiger partial charge in [-0.05, 0) is 52.0 Å². The van der Waals surface area contributed by atoms with Gasteiger partial charge in [-0.15, -0.1) is 0 Å². The topological polar surface area (TPSA) is 67.2 Å². The summed E-state index contributed by atoms with van der Waals surface area (Å²) in [5, 5.41) is 2.92. The quantitative estimate of drug-likeness (QED) is 0.387. The molecule has 0 radical (unpaired) electrons. The van der Waals surface area contributed by atoms with E-state index in [2.05, 4.69) is 5.32 Å². The molecule has 4 aromatic rings. The van der Waals surface area contributed by atoms with Crippen molar-refractivity contribution < 1.29 is 9.59 Å². The fourth-order valence-corrected chi connectivity index (χ4v) is 3.78. The Hall–Kier alpha value is -4.19. The van der Waals surface area contributed by atoms with Crippen LogP contribution in [0.5, 0.6) is 0 Å². The molecule has 178 valence electrons. The molecule has 0 unspecified atom stereocenters. The fraction of sp³-hybridized carbons (Fsp3) is 0.207. The van der Waals surface area contributed by atoms with Gasteiger partial charge in [-0.3, -0.25) is 19.5 Å². The third-order valence-electron chi connectivity index (χ3n) is 5.92. The Labute approximate surface area is 206 Å². The summed E-state index contributed by atoms with van der Waals surface area (Å²) in [5.74, 6) is -0.0696. The number of anilines is 1. The van der Waals surface area contributed by atoms with E-state index in [1.165, 1.54) is 4.90 Å². The summed E-state index contributed by atoms with van der Waals surface area (Å²) < 4.78 is 1.87. The SMILES string of the molecule is CCN(CC(=O)Nc1nc(-c2ccc(C)cc2)cn1-c1ccc(C)cc1)C(=O)c1ccc(C)cc1. The number of amides is 2. The summed E-state index contributed by atoms with van der Waals surface area (Å²) in [4.78, 5) is 32.2. The minimum Gasteiger partial charge on any atom is -0.330 e. The summed E-state index contributed by atoms with van der Waals surface area (Å²) in [6.07, 6.45) is 1.92. The standard InChI is InChI=1S/C29H30N4O2/c1-5-32(28(35)24-14-8-21(3)9-15-24)19-27(34)31-29-30-26(23-12-6-20(2)7-13-23)18-33(29)25-16-10-22(4)11-17-25/h6-18H,5,19H2,1-4H3,(H,30,31,34). The van der Waals surface area contributed by atoms with E-state index in [4.69, 9.17) is 4.98 Å². The maximum absolute atomic E-state index is 13.0. The molecule has 3 aromatic carbocycles. The predicted octanol–water partition coefficient (Wildman–Crippen LogP) is 5.57. The van der Waals surface area contributed by atoms with E-state index in [1.807, 2.05) is 99.1 Å². The highest BCUT2D eigenvalue weighted by Crippen LogP contribution is 2.25. The highest BCUT2D eigenvalue weighted by molar-refractivity contribution is 5.99. The van der Waals surface area contributed by atoms with Crippen molar-refractivity contribution in [3.8, 4) is 16.9 Å². The van der Waals surface area contributed by atoms with Crippen LogP contribution in [0.2, 0.25) is 0 Å². The Bertz CT molecular complexity index is 1320. The molecule has 0 atom stereocenters. The van der Waals surface area contributed by atoms with Gasteiger partial charge in [0, 0.05) is 29.6 Å². The number of nitrogens with one attached hydrogen (secondary N) is 1. The number of rotatable bonds is 7. The molecule has 1 aromatic heterocycles. The molecule has 2 amide bonds. The Balaban J connectivity index is 1.59. The van der Waals surface area contributed by atoms with Crippen molar-refractivity contribution in [3.63, 3.8) is 0 Å². The van der Waals surface area contributed by atoms with Gasteiger partial charge >= 0.3 is 0 Å². The summed E-state index contributed by atoms with van der Waals surface area (Å²) >= 11 is 0. The average molecular weight is 467 g/mol. The average Bonchev–Trinajstić information content (AvgIpc) is 3.27. The molecule has 1 N–H and O–H groups in total. The third kappa shape index (κ3) is 5.66. The molecule has 0 saturated carbocycles. The molecule has 4 rings (SSSR count). The molecule has 0 aliphatic carbocycles. The van der Waals surface area contributed by atoms with Crippen molar-refractivity contribution in [3.05, 3.63) is 101 Å². The molecule has 35 heavy (non-hydrogen) atoms. The van der Waals surface area contributed by atoms with Crippen LogP contribution in [-0.2, 0) is 4.79 Å². The highest BCUT2D eigenvalue weighted by atomic mass is 16.2. The van der Waals surface area contributed by atoms with E-state index in [0.717, 1.165) is 33.6 Å². The van der Waals surface area contributed by atoms with Crippen LogP contribution in [-0.4, -0.2) is 39.4 Å². The second kappa shape index (κ2) is 10.4. The van der Waals surface area contributed by atoms with Crippen LogP contribution >= 0.6 is 0 Å². The summed E-state index contributed by atoms with van der Waals surface area (Å²) in [7, 11) is 0. The van der Waals surface area contributed by atoms with Crippen LogP contribution in [0.3, 0.4) is 0 Å². The molecular formula is C29H30N4O2. The van der Waals surface area contributed by atoms with Crippen LogP contribution in [0.15, 0.2) is 79.0 Å². The molecule has 0 saturated heterocycles. The first-order valence-corrected chi connectivity index (χ1v) is 11.7. The van der Waals surface area contributed by atoms with Gasteiger partial charge in [0.25, 0.3) is 5.91 Å². The Morgan fingerprint density at radius 2 is 1.37 bits per heavy atom. The lowest BCUT2D eigenvalue weighted by Gasteiger charge is -2.20. The molecule has 0 bridgehead atoms. The highest BCUT2D eigenvalue weighted by Gasteiger charge is 2.20.